The van der Waals surface area contributed by atoms with E-state index in [1.165, 1.54) is 62.0 Å². The van der Waals surface area contributed by atoms with Crippen molar-refractivity contribution in [3.63, 3.8) is 0 Å². The van der Waals surface area contributed by atoms with Crippen molar-refractivity contribution in [1.29, 1.82) is 0 Å². The number of rotatable bonds is 15. The van der Waals surface area contributed by atoms with Crippen LogP contribution in [-0.4, -0.2) is 21.7 Å². The molecule has 0 aromatic rings. The molecule has 0 aromatic carbocycles. The number of carbonyl (C=O) groups excluding carboxylic acids is 2. The lowest BCUT2D eigenvalue weighted by Gasteiger charge is -2.13. The van der Waals surface area contributed by atoms with Crippen LogP contribution < -0.4 is 0 Å². The van der Waals surface area contributed by atoms with Gasteiger partial charge in [-0.3, -0.25) is 9.59 Å². The van der Waals surface area contributed by atoms with Crippen LogP contribution in [0, 0.1) is 11.8 Å². The maximum atomic E-state index is 12.0. The molecule has 0 rings (SSSR count). The van der Waals surface area contributed by atoms with Gasteiger partial charge in [-0.15, -0.1) is 0 Å². The molecule has 0 aliphatic heterocycles. The smallest absolute Gasteiger partial charge is 0.189 e. The fraction of sp³-hybridized carbons (Fsp3) is 0.900. The Balaban J connectivity index is 3.86. The molecule has 0 aliphatic rings. The molecule has 0 fully saturated rings. The molecule has 0 amide bonds. The molecule has 0 aromatic heterocycles. The molecular weight excluding hydrogens is 336 g/mol. The molecule has 24 heavy (non-hydrogen) atoms. The van der Waals surface area contributed by atoms with Crippen LogP contribution in [0.4, 0.5) is 0 Å². The molecule has 2 nitrogen and oxygen atoms in total. The normalized spacial score (nSPS) is 13.7. The zero-order valence-electron chi connectivity index (χ0n) is 16.3. The molecule has 0 radical (unpaired) electrons. The molecule has 0 heterocycles. The summed E-state index contributed by atoms with van der Waals surface area (Å²) in [7, 11) is 0. The van der Waals surface area contributed by atoms with E-state index in [9.17, 15) is 9.59 Å². The Morgan fingerprint density at radius 1 is 0.708 bits per heavy atom. The van der Waals surface area contributed by atoms with Crippen molar-refractivity contribution in [3.05, 3.63) is 0 Å². The van der Waals surface area contributed by atoms with Crippen LogP contribution >= 0.6 is 23.5 Å². The lowest BCUT2D eigenvalue weighted by Crippen LogP contribution is -2.07. The third-order valence-electron chi connectivity index (χ3n) is 4.58. The average molecular weight is 375 g/mol. The second-order valence-electron chi connectivity index (χ2n) is 6.70. The van der Waals surface area contributed by atoms with E-state index in [-0.39, 0.29) is 10.2 Å². The van der Waals surface area contributed by atoms with Gasteiger partial charge in [0.25, 0.3) is 0 Å². The van der Waals surface area contributed by atoms with Crippen molar-refractivity contribution in [2.75, 3.05) is 11.5 Å². The highest BCUT2D eigenvalue weighted by atomic mass is 32.2. The molecule has 0 saturated carbocycles. The van der Waals surface area contributed by atoms with Gasteiger partial charge in [0.1, 0.15) is 0 Å². The van der Waals surface area contributed by atoms with Crippen molar-refractivity contribution >= 4 is 33.8 Å². The van der Waals surface area contributed by atoms with E-state index in [1.54, 1.807) is 0 Å². The standard InChI is InChI=1S/C20H38O2S2/c1-5-9-11-17(7-3)15-23-19(21)13-14-20(22)24-16-18(8-4)12-10-6-2/h17-18H,5-16H2,1-4H3. The van der Waals surface area contributed by atoms with Gasteiger partial charge >= 0.3 is 0 Å². The number of hydrogen-bond acceptors (Lipinski definition) is 4. The third-order valence-corrected chi connectivity index (χ3v) is 6.91. The maximum absolute atomic E-state index is 12.0. The minimum atomic E-state index is 0.192. The zero-order chi connectivity index (χ0) is 18.2. The van der Waals surface area contributed by atoms with Gasteiger partial charge in [0.2, 0.25) is 0 Å². The molecule has 0 N–H and O–H groups in total. The van der Waals surface area contributed by atoms with E-state index in [0.717, 1.165) is 24.3 Å². The van der Waals surface area contributed by atoms with Crippen LogP contribution in [0.25, 0.3) is 0 Å². The Hall–Kier alpha value is 0.0400. The summed E-state index contributed by atoms with van der Waals surface area (Å²) in [4.78, 5) is 24.0. The average Bonchev–Trinajstić information content (AvgIpc) is 2.60. The van der Waals surface area contributed by atoms with Gasteiger partial charge in [0, 0.05) is 24.3 Å². The predicted octanol–water partition coefficient (Wildman–Crippen LogP) is 6.72. The van der Waals surface area contributed by atoms with Crippen LogP contribution in [0.1, 0.15) is 91.9 Å². The second-order valence-corrected chi connectivity index (χ2v) is 8.85. The van der Waals surface area contributed by atoms with Crippen molar-refractivity contribution in [3.8, 4) is 0 Å². The molecule has 2 unspecified atom stereocenters. The lowest BCUT2D eigenvalue weighted by atomic mass is 10.0. The monoisotopic (exact) mass is 374 g/mol. The minimum Gasteiger partial charge on any atom is -0.287 e. The van der Waals surface area contributed by atoms with Gasteiger partial charge in [-0.25, -0.2) is 0 Å². The first kappa shape index (κ1) is 24.0. The highest BCUT2D eigenvalue weighted by Crippen LogP contribution is 2.23. The van der Waals surface area contributed by atoms with Crippen molar-refractivity contribution < 1.29 is 9.59 Å². The molecule has 142 valence electrons. The van der Waals surface area contributed by atoms with Gasteiger partial charge in [0.15, 0.2) is 10.2 Å². The van der Waals surface area contributed by atoms with Crippen LogP contribution in [0.2, 0.25) is 0 Å². The van der Waals surface area contributed by atoms with Crippen LogP contribution in [-0.2, 0) is 9.59 Å². The maximum Gasteiger partial charge on any atom is 0.189 e. The molecule has 2 atom stereocenters. The first-order chi connectivity index (χ1) is 11.6. The highest BCUT2D eigenvalue weighted by molar-refractivity contribution is 8.14. The van der Waals surface area contributed by atoms with Crippen molar-refractivity contribution in [2.24, 2.45) is 11.8 Å². The Labute approximate surface area is 158 Å². The first-order valence-electron chi connectivity index (χ1n) is 9.88. The van der Waals surface area contributed by atoms with Crippen LogP contribution in [0.15, 0.2) is 0 Å². The zero-order valence-corrected chi connectivity index (χ0v) is 17.9. The lowest BCUT2D eigenvalue weighted by molar-refractivity contribution is -0.115. The quantitative estimate of drug-likeness (QED) is 0.318. The van der Waals surface area contributed by atoms with Crippen LogP contribution in [0.5, 0.6) is 0 Å². The Bertz CT molecular complexity index is 300. The molecule has 4 heteroatoms. The van der Waals surface area contributed by atoms with Gasteiger partial charge < -0.3 is 0 Å². The Morgan fingerprint density at radius 3 is 1.38 bits per heavy atom. The number of unbranched alkanes of at least 4 members (excludes halogenated alkanes) is 2. The van der Waals surface area contributed by atoms with E-state index in [4.69, 9.17) is 0 Å². The molecule has 0 bridgehead atoms. The van der Waals surface area contributed by atoms with E-state index in [2.05, 4.69) is 27.7 Å². The first-order valence-corrected chi connectivity index (χ1v) is 11.9. The topological polar surface area (TPSA) is 34.1 Å². The Morgan fingerprint density at radius 2 is 1.08 bits per heavy atom. The third kappa shape index (κ3) is 13.3. The minimum absolute atomic E-state index is 0.192. The summed E-state index contributed by atoms with van der Waals surface area (Å²) in [5.74, 6) is 3.14. The Kier molecular flexibility index (Phi) is 16.5. The predicted molar refractivity (Wildman–Crippen MR) is 111 cm³/mol. The van der Waals surface area contributed by atoms with Crippen molar-refractivity contribution in [2.45, 2.75) is 91.9 Å². The van der Waals surface area contributed by atoms with E-state index >= 15 is 0 Å². The highest BCUT2D eigenvalue weighted by Gasteiger charge is 2.14. The summed E-state index contributed by atoms with van der Waals surface area (Å²) < 4.78 is 0. The number of carbonyl (C=O) groups is 2. The SMILES string of the molecule is CCCCC(CC)CSC(=O)CCC(=O)SCC(CC)CCCC. The molecule has 0 aliphatic carbocycles. The van der Waals surface area contributed by atoms with Gasteiger partial charge in [-0.1, -0.05) is 89.7 Å². The van der Waals surface area contributed by atoms with Gasteiger partial charge in [0.05, 0.1) is 0 Å². The summed E-state index contributed by atoms with van der Waals surface area (Å²) in [5, 5.41) is 0.383. The van der Waals surface area contributed by atoms with E-state index in [0.29, 0.717) is 24.7 Å². The van der Waals surface area contributed by atoms with E-state index < -0.39 is 0 Å². The van der Waals surface area contributed by atoms with Gasteiger partial charge in [-0.2, -0.15) is 0 Å². The second kappa shape index (κ2) is 16.5. The number of thioether (sulfide) groups is 2. The summed E-state index contributed by atoms with van der Waals surface area (Å²) in [6.07, 6.45) is 10.5. The summed E-state index contributed by atoms with van der Waals surface area (Å²) in [6.45, 7) is 8.82. The fourth-order valence-corrected chi connectivity index (χ4v) is 4.71. The summed E-state index contributed by atoms with van der Waals surface area (Å²) in [6, 6.07) is 0. The fourth-order valence-electron chi connectivity index (χ4n) is 2.57. The molecular formula is C20H38O2S2. The van der Waals surface area contributed by atoms with E-state index in [1.807, 2.05) is 0 Å². The molecule has 0 saturated heterocycles. The molecule has 0 spiro atoms. The van der Waals surface area contributed by atoms with Crippen LogP contribution in [0.3, 0.4) is 0 Å². The summed E-state index contributed by atoms with van der Waals surface area (Å²) >= 11 is 2.88. The van der Waals surface area contributed by atoms with Crippen molar-refractivity contribution in [1.82, 2.24) is 0 Å². The van der Waals surface area contributed by atoms with Gasteiger partial charge in [-0.05, 0) is 24.7 Å². The largest absolute Gasteiger partial charge is 0.287 e. The summed E-state index contributed by atoms with van der Waals surface area (Å²) in [5.41, 5.74) is 0. The number of hydrogen-bond donors (Lipinski definition) is 0.